The number of guanidine groups is 1. The summed E-state index contributed by atoms with van der Waals surface area (Å²) in [6.45, 7) is -1.21. The molecule has 0 bridgehead atoms. The molecule has 29 heavy (non-hydrogen) atoms. The Hall–Kier alpha value is -1.95. The molecule has 1 aromatic carbocycles. The van der Waals surface area contributed by atoms with Crippen LogP contribution in [0, 0.1) is 0 Å². The number of hydrogen-bond donors (Lipinski definition) is 2. The maximum atomic E-state index is 12.5. The molecule has 2 N–H and O–H groups in total. The van der Waals surface area contributed by atoms with Gasteiger partial charge in [-0.05, 0) is 29.5 Å². The summed E-state index contributed by atoms with van der Waals surface area (Å²) in [5.41, 5.74) is 1.78. The molecule has 0 radical (unpaired) electrons. The lowest BCUT2D eigenvalue weighted by Gasteiger charge is -2.27. The van der Waals surface area contributed by atoms with E-state index in [2.05, 4.69) is 31.8 Å². The Balaban J connectivity index is 0.00000300. The highest BCUT2D eigenvalue weighted by Crippen LogP contribution is 2.24. The Morgan fingerprint density at radius 3 is 2.86 bits per heavy atom. The van der Waals surface area contributed by atoms with Crippen LogP contribution in [0.15, 0.2) is 40.7 Å². The van der Waals surface area contributed by atoms with Crippen LogP contribution < -0.4 is 15.4 Å². The number of fused-ring (bicyclic) bond motifs is 1. The number of hydrogen-bond acceptors (Lipinski definition) is 4. The average molecular weight is 536 g/mol. The number of carbonyl (C=O) groups is 1. The largest absolute Gasteiger partial charge is 0.434 e. The minimum Gasteiger partial charge on any atom is -0.434 e. The Bertz CT molecular complexity index is 847. The lowest BCUT2D eigenvalue weighted by Crippen LogP contribution is -2.45. The summed E-state index contributed by atoms with van der Waals surface area (Å²) >= 11 is 1.73. The minimum atomic E-state index is -2.88. The summed E-state index contributed by atoms with van der Waals surface area (Å²) in [5, 5.41) is 8.04. The zero-order chi connectivity index (χ0) is 19.9. The Morgan fingerprint density at radius 2 is 2.10 bits per heavy atom. The molecule has 2 aromatic rings. The smallest absolute Gasteiger partial charge is 0.387 e. The SMILES string of the molecule is CN=C(NCC(=O)N1CCc2sccc2C1)NCc1ccccc1OC(F)F.I. The van der Waals surface area contributed by atoms with Crippen molar-refractivity contribution in [2.75, 3.05) is 20.1 Å². The molecule has 1 aliphatic heterocycles. The third-order valence-corrected chi connectivity index (χ3v) is 5.45. The Kier molecular flexibility index (Phi) is 9.08. The van der Waals surface area contributed by atoms with Gasteiger partial charge in [-0.15, -0.1) is 35.3 Å². The Labute approximate surface area is 189 Å². The van der Waals surface area contributed by atoms with E-state index in [0.29, 0.717) is 24.6 Å². The molecule has 3 rings (SSSR count). The summed E-state index contributed by atoms with van der Waals surface area (Å²) in [6.07, 6.45) is 0.882. The monoisotopic (exact) mass is 536 g/mol. The average Bonchev–Trinajstić information content (AvgIpc) is 3.16. The summed E-state index contributed by atoms with van der Waals surface area (Å²) in [6, 6.07) is 8.61. The van der Waals surface area contributed by atoms with Gasteiger partial charge in [-0.2, -0.15) is 8.78 Å². The van der Waals surface area contributed by atoms with Gasteiger partial charge in [0.2, 0.25) is 5.91 Å². The number of ether oxygens (including phenoxy) is 1. The highest BCUT2D eigenvalue weighted by molar-refractivity contribution is 14.0. The van der Waals surface area contributed by atoms with Gasteiger partial charge in [-0.3, -0.25) is 9.79 Å². The van der Waals surface area contributed by atoms with Crippen LogP contribution in [0.5, 0.6) is 5.75 Å². The van der Waals surface area contributed by atoms with Gasteiger partial charge in [0.15, 0.2) is 5.96 Å². The molecule has 1 aliphatic rings. The van der Waals surface area contributed by atoms with E-state index in [4.69, 9.17) is 0 Å². The second-order valence-corrected chi connectivity index (χ2v) is 7.20. The van der Waals surface area contributed by atoms with Crippen molar-refractivity contribution in [1.29, 1.82) is 0 Å². The van der Waals surface area contributed by atoms with Crippen LogP contribution >= 0.6 is 35.3 Å². The fraction of sp³-hybridized carbons (Fsp3) is 0.368. The van der Waals surface area contributed by atoms with E-state index in [1.165, 1.54) is 16.5 Å². The predicted octanol–water partition coefficient (Wildman–Crippen LogP) is 3.22. The molecule has 1 amide bonds. The zero-order valence-electron chi connectivity index (χ0n) is 15.9. The van der Waals surface area contributed by atoms with Crippen molar-refractivity contribution in [3.05, 3.63) is 51.7 Å². The van der Waals surface area contributed by atoms with Gasteiger partial charge in [0.25, 0.3) is 0 Å². The molecule has 6 nitrogen and oxygen atoms in total. The van der Waals surface area contributed by atoms with E-state index in [0.717, 1.165) is 6.42 Å². The van der Waals surface area contributed by atoms with Crippen molar-refractivity contribution < 1.29 is 18.3 Å². The lowest BCUT2D eigenvalue weighted by molar-refractivity contribution is -0.130. The number of alkyl halides is 2. The zero-order valence-corrected chi connectivity index (χ0v) is 19.0. The van der Waals surface area contributed by atoms with Crippen molar-refractivity contribution in [2.24, 2.45) is 4.99 Å². The van der Waals surface area contributed by atoms with Crippen LogP contribution in [-0.4, -0.2) is 43.5 Å². The van der Waals surface area contributed by atoms with Gasteiger partial charge in [0.05, 0.1) is 6.54 Å². The standard InChI is InChI=1S/C19H22F2N4O2S.HI/c1-22-19(23-10-13-4-2-3-5-15(13)27-18(20)21)24-11-17(26)25-8-6-16-14(12-25)7-9-28-16;/h2-5,7,9,18H,6,8,10-12H2,1H3,(H2,22,23,24);1H. The summed E-state index contributed by atoms with van der Waals surface area (Å²) in [5.74, 6) is 0.506. The van der Waals surface area contributed by atoms with Crippen LogP contribution in [0.3, 0.4) is 0 Å². The lowest BCUT2D eigenvalue weighted by atomic mass is 10.1. The van der Waals surface area contributed by atoms with E-state index < -0.39 is 6.61 Å². The minimum absolute atomic E-state index is 0. The van der Waals surface area contributed by atoms with Crippen molar-refractivity contribution in [3.63, 3.8) is 0 Å². The quantitative estimate of drug-likeness (QED) is 0.338. The molecule has 1 aromatic heterocycles. The van der Waals surface area contributed by atoms with Crippen molar-refractivity contribution in [1.82, 2.24) is 15.5 Å². The van der Waals surface area contributed by atoms with Crippen molar-refractivity contribution in [3.8, 4) is 5.75 Å². The number of carbonyl (C=O) groups excluding carboxylic acids is 1. The summed E-state index contributed by atoms with van der Waals surface area (Å²) in [4.78, 5) is 19.7. The number of para-hydroxylation sites is 1. The first-order valence-electron chi connectivity index (χ1n) is 8.87. The molecule has 0 unspecified atom stereocenters. The molecule has 0 spiro atoms. The molecule has 0 atom stereocenters. The van der Waals surface area contributed by atoms with E-state index in [1.807, 2.05) is 4.90 Å². The van der Waals surface area contributed by atoms with Gasteiger partial charge in [-0.1, -0.05) is 18.2 Å². The second-order valence-electron chi connectivity index (χ2n) is 6.20. The van der Waals surface area contributed by atoms with Crippen LogP contribution in [0.1, 0.15) is 16.0 Å². The third kappa shape index (κ3) is 6.53. The van der Waals surface area contributed by atoms with Gasteiger partial charge >= 0.3 is 6.61 Å². The maximum absolute atomic E-state index is 12.5. The number of benzene rings is 1. The van der Waals surface area contributed by atoms with Crippen molar-refractivity contribution >= 4 is 47.2 Å². The maximum Gasteiger partial charge on any atom is 0.387 e. The second kappa shape index (κ2) is 11.3. The first kappa shape index (κ1) is 23.3. The number of halogens is 3. The number of thiophene rings is 1. The van der Waals surface area contributed by atoms with E-state index in [1.54, 1.807) is 36.6 Å². The number of aliphatic imine (C=N–C) groups is 1. The molecule has 2 heterocycles. The third-order valence-electron chi connectivity index (χ3n) is 4.43. The van der Waals surface area contributed by atoms with Gasteiger partial charge in [0.1, 0.15) is 5.75 Å². The van der Waals surface area contributed by atoms with Crippen molar-refractivity contribution in [2.45, 2.75) is 26.1 Å². The first-order chi connectivity index (χ1) is 13.6. The molecule has 0 saturated heterocycles. The highest BCUT2D eigenvalue weighted by atomic mass is 127. The predicted molar refractivity (Wildman–Crippen MR) is 120 cm³/mol. The van der Waals surface area contributed by atoms with Crippen LogP contribution in [0.2, 0.25) is 0 Å². The van der Waals surface area contributed by atoms with E-state index in [-0.39, 0.29) is 48.7 Å². The number of amides is 1. The first-order valence-corrected chi connectivity index (χ1v) is 9.75. The topological polar surface area (TPSA) is 66.0 Å². The van der Waals surface area contributed by atoms with E-state index >= 15 is 0 Å². The number of nitrogens with zero attached hydrogens (tertiary/aromatic N) is 2. The van der Waals surface area contributed by atoms with Crippen LogP contribution in [0.4, 0.5) is 8.78 Å². The molecular weight excluding hydrogens is 513 g/mol. The molecule has 0 aliphatic carbocycles. The highest BCUT2D eigenvalue weighted by Gasteiger charge is 2.21. The molecule has 10 heteroatoms. The van der Waals surface area contributed by atoms with E-state index in [9.17, 15) is 13.6 Å². The Morgan fingerprint density at radius 1 is 1.31 bits per heavy atom. The van der Waals surface area contributed by atoms with Crippen LogP contribution in [-0.2, 0) is 24.3 Å². The van der Waals surface area contributed by atoms with Crippen LogP contribution in [0.25, 0.3) is 0 Å². The normalized spacial score (nSPS) is 13.5. The van der Waals surface area contributed by atoms with Gasteiger partial charge in [-0.25, -0.2) is 0 Å². The molecule has 0 saturated carbocycles. The fourth-order valence-electron chi connectivity index (χ4n) is 2.99. The molecular formula is C19H23F2IN4O2S. The summed E-state index contributed by atoms with van der Waals surface area (Å²) < 4.78 is 29.5. The van der Waals surface area contributed by atoms with Gasteiger partial charge < -0.3 is 20.3 Å². The summed E-state index contributed by atoms with van der Waals surface area (Å²) in [7, 11) is 1.58. The number of rotatable bonds is 6. The fourth-order valence-corrected chi connectivity index (χ4v) is 3.88. The number of nitrogens with one attached hydrogen (secondary N) is 2. The van der Waals surface area contributed by atoms with Gasteiger partial charge in [0, 0.05) is 37.1 Å². The molecule has 158 valence electrons. The molecule has 0 fully saturated rings.